The fourth-order valence-corrected chi connectivity index (χ4v) is 2.31. The molecular formula is C16H21N3O. The predicted octanol–water partition coefficient (Wildman–Crippen LogP) is 2.96. The first kappa shape index (κ1) is 14.3. The average molecular weight is 271 g/mol. The Morgan fingerprint density at radius 3 is 2.40 bits per heavy atom. The van der Waals surface area contributed by atoms with Gasteiger partial charge in [0.05, 0.1) is 0 Å². The Balaban J connectivity index is 2.17. The second-order valence-corrected chi connectivity index (χ2v) is 4.81. The molecular weight excluding hydrogens is 250 g/mol. The third-order valence-electron chi connectivity index (χ3n) is 3.50. The van der Waals surface area contributed by atoms with E-state index in [0.717, 1.165) is 24.4 Å². The second kappa shape index (κ2) is 6.37. The fourth-order valence-electron chi connectivity index (χ4n) is 2.31. The summed E-state index contributed by atoms with van der Waals surface area (Å²) in [6.07, 6.45) is 5.35. The lowest BCUT2D eigenvalue weighted by Gasteiger charge is -2.15. The molecule has 0 bridgehead atoms. The maximum absolute atomic E-state index is 12.2. The molecule has 0 radical (unpaired) electrons. The Hall–Kier alpha value is -2.10. The number of nitrogens with one attached hydrogen (secondary N) is 1. The van der Waals surface area contributed by atoms with Gasteiger partial charge in [0.15, 0.2) is 0 Å². The van der Waals surface area contributed by atoms with E-state index in [-0.39, 0.29) is 5.91 Å². The van der Waals surface area contributed by atoms with E-state index in [1.807, 2.05) is 23.8 Å². The zero-order valence-corrected chi connectivity index (χ0v) is 12.3. The van der Waals surface area contributed by atoms with Gasteiger partial charge in [-0.1, -0.05) is 32.0 Å². The van der Waals surface area contributed by atoms with Gasteiger partial charge in [0.25, 0.3) is 0 Å². The molecule has 0 saturated heterocycles. The minimum atomic E-state index is -0.0123. The molecule has 0 aliphatic rings. The highest BCUT2D eigenvalue weighted by Gasteiger charge is 2.11. The highest BCUT2D eigenvalue weighted by atomic mass is 16.1. The molecule has 0 aliphatic heterocycles. The lowest BCUT2D eigenvalue weighted by atomic mass is 10.0. The molecule has 2 rings (SSSR count). The van der Waals surface area contributed by atoms with Gasteiger partial charge in [0.1, 0.15) is 12.4 Å². The highest BCUT2D eigenvalue weighted by Crippen LogP contribution is 2.22. The number of hydrogen-bond donors (Lipinski definition) is 1. The lowest BCUT2D eigenvalue weighted by Crippen LogP contribution is -2.20. The Kier molecular flexibility index (Phi) is 4.56. The third-order valence-corrected chi connectivity index (χ3v) is 3.50. The van der Waals surface area contributed by atoms with E-state index in [4.69, 9.17) is 0 Å². The number of aryl methyl sites for hydroxylation is 3. The van der Waals surface area contributed by atoms with Gasteiger partial charge in [0, 0.05) is 18.1 Å². The van der Waals surface area contributed by atoms with Gasteiger partial charge in [0.2, 0.25) is 5.91 Å². The molecule has 1 N–H and O–H groups in total. The molecule has 4 nitrogen and oxygen atoms in total. The molecule has 0 saturated carbocycles. The zero-order valence-electron chi connectivity index (χ0n) is 12.3. The topological polar surface area (TPSA) is 46.9 Å². The maximum atomic E-state index is 12.2. The minimum Gasteiger partial charge on any atom is -0.326 e. The highest BCUT2D eigenvalue weighted by molar-refractivity contribution is 5.92. The number of carbonyl (C=O) groups is 1. The number of benzene rings is 1. The van der Waals surface area contributed by atoms with Crippen LogP contribution in [0.2, 0.25) is 0 Å². The number of para-hydroxylation sites is 1. The van der Waals surface area contributed by atoms with E-state index in [1.165, 1.54) is 11.1 Å². The van der Waals surface area contributed by atoms with Crippen LogP contribution in [0.25, 0.3) is 0 Å². The molecule has 1 amide bonds. The summed E-state index contributed by atoms with van der Waals surface area (Å²) in [5.74, 6) is 0.835. The normalized spacial score (nSPS) is 10.6. The van der Waals surface area contributed by atoms with Crippen molar-refractivity contribution in [3.8, 4) is 0 Å². The smallest absolute Gasteiger partial charge is 0.244 e. The number of hydrogen-bond acceptors (Lipinski definition) is 2. The summed E-state index contributed by atoms with van der Waals surface area (Å²) in [4.78, 5) is 16.3. The van der Waals surface area contributed by atoms with Crippen LogP contribution in [0.5, 0.6) is 0 Å². The summed E-state index contributed by atoms with van der Waals surface area (Å²) < 4.78 is 1.84. The zero-order chi connectivity index (χ0) is 14.5. The van der Waals surface area contributed by atoms with Crippen molar-refractivity contribution < 1.29 is 4.79 Å². The maximum Gasteiger partial charge on any atom is 0.244 e. The van der Waals surface area contributed by atoms with Gasteiger partial charge in [-0.15, -0.1) is 0 Å². The molecule has 0 aliphatic carbocycles. The number of carbonyl (C=O) groups excluding carboxylic acids is 1. The number of anilines is 1. The predicted molar refractivity (Wildman–Crippen MR) is 80.8 cm³/mol. The van der Waals surface area contributed by atoms with Crippen molar-refractivity contribution in [2.24, 2.45) is 0 Å². The summed E-state index contributed by atoms with van der Waals surface area (Å²) >= 11 is 0. The largest absolute Gasteiger partial charge is 0.326 e. The van der Waals surface area contributed by atoms with Crippen LogP contribution in [0, 0.1) is 6.92 Å². The molecule has 0 unspecified atom stereocenters. The van der Waals surface area contributed by atoms with Crippen molar-refractivity contribution in [2.75, 3.05) is 5.32 Å². The first-order valence-electron chi connectivity index (χ1n) is 7.04. The van der Waals surface area contributed by atoms with E-state index in [9.17, 15) is 4.79 Å². The van der Waals surface area contributed by atoms with Gasteiger partial charge in [-0.3, -0.25) is 4.79 Å². The molecule has 1 aromatic carbocycles. The Bertz CT molecular complexity index is 579. The lowest BCUT2D eigenvalue weighted by molar-refractivity contribution is -0.116. The minimum absolute atomic E-state index is 0.0123. The summed E-state index contributed by atoms with van der Waals surface area (Å²) in [6.45, 7) is 6.40. The van der Waals surface area contributed by atoms with Crippen molar-refractivity contribution >= 4 is 11.6 Å². The first-order chi connectivity index (χ1) is 9.65. The van der Waals surface area contributed by atoms with Gasteiger partial charge < -0.3 is 9.88 Å². The summed E-state index contributed by atoms with van der Waals surface area (Å²) in [6, 6.07) is 6.18. The monoisotopic (exact) mass is 271 g/mol. The molecule has 1 heterocycles. The molecule has 4 heteroatoms. The Morgan fingerprint density at radius 2 is 1.90 bits per heavy atom. The summed E-state index contributed by atoms with van der Waals surface area (Å²) in [7, 11) is 0. The fraction of sp³-hybridized carbons (Fsp3) is 0.375. The van der Waals surface area contributed by atoms with E-state index >= 15 is 0 Å². The van der Waals surface area contributed by atoms with Crippen LogP contribution in [-0.4, -0.2) is 15.5 Å². The van der Waals surface area contributed by atoms with Crippen molar-refractivity contribution in [3.05, 3.63) is 47.5 Å². The number of aromatic nitrogens is 2. The van der Waals surface area contributed by atoms with Crippen LogP contribution in [0.3, 0.4) is 0 Å². The average Bonchev–Trinajstić information content (AvgIpc) is 2.84. The van der Waals surface area contributed by atoms with Crippen molar-refractivity contribution in [1.82, 2.24) is 9.55 Å². The van der Waals surface area contributed by atoms with Gasteiger partial charge in [-0.25, -0.2) is 4.98 Å². The van der Waals surface area contributed by atoms with Crippen molar-refractivity contribution in [2.45, 2.75) is 40.2 Å². The van der Waals surface area contributed by atoms with Crippen molar-refractivity contribution in [3.63, 3.8) is 0 Å². The molecule has 106 valence electrons. The number of nitrogens with zero attached hydrogens (tertiary/aromatic N) is 2. The van der Waals surface area contributed by atoms with Gasteiger partial charge >= 0.3 is 0 Å². The quantitative estimate of drug-likeness (QED) is 0.908. The Morgan fingerprint density at radius 1 is 1.25 bits per heavy atom. The van der Waals surface area contributed by atoms with Crippen LogP contribution in [0.15, 0.2) is 30.6 Å². The Labute approximate surface area is 119 Å². The first-order valence-corrected chi connectivity index (χ1v) is 7.04. The van der Waals surface area contributed by atoms with E-state index < -0.39 is 0 Å². The number of imidazole rings is 1. The number of amides is 1. The third kappa shape index (κ3) is 3.07. The van der Waals surface area contributed by atoms with Crippen LogP contribution in [0.4, 0.5) is 5.69 Å². The second-order valence-electron chi connectivity index (χ2n) is 4.81. The van der Waals surface area contributed by atoms with E-state index in [2.05, 4.69) is 36.3 Å². The van der Waals surface area contributed by atoms with E-state index in [1.54, 1.807) is 6.20 Å². The van der Waals surface area contributed by atoms with Gasteiger partial charge in [-0.2, -0.15) is 0 Å². The molecule has 0 spiro atoms. The van der Waals surface area contributed by atoms with Crippen LogP contribution < -0.4 is 5.32 Å². The van der Waals surface area contributed by atoms with Crippen LogP contribution in [0.1, 0.15) is 30.8 Å². The molecule has 2 aromatic rings. The molecule has 0 atom stereocenters. The number of rotatable bonds is 5. The van der Waals surface area contributed by atoms with Crippen LogP contribution >= 0.6 is 0 Å². The van der Waals surface area contributed by atoms with Gasteiger partial charge in [-0.05, 0) is 30.9 Å². The SMILES string of the molecule is CCc1cccc(CC)c1NC(=O)Cn1ccnc1C. The molecule has 1 aromatic heterocycles. The molecule has 20 heavy (non-hydrogen) atoms. The van der Waals surface area contributed by atoms with Crippen molar-refractivity contribution in [1.29, 1.82) is 0 Å². The summed E-state index contributed by atoms with van der Waals surface area (Å²) in [5.41, 5.74) is 3.33. The standard InChI is InChI=1S/C16H21N3O/c1-4-13-7-6-8-14(5-2)16(13)18-15(20)11-19-10-9-17-12(19)3/h6-10H,4-5,11H2,1-3H3,(H,18,20). The van der Waals surface area contributed by atoms with E-state index in [0.29, 0.717) is 6.54 Å². The summed E-state index contributed by atoms with van der Waals surface area (Å²) in [5, 5.41) is 3.06. The molecule has 0 fully saturated rings. The van der Waals surface area contributed by atoms with Crippen LogP contribution in [-0.2, 0) is 24.2 Å².